The van der Waals surface area contributed by atoms with Crippen molar-refractivity contribution in [3.8, 4) is 11.3 Å². The number of amides is 2. The smallest absolute Gasteiger partial charge is 0.328 e. The largest absolute Gasteiger partial charge is 0.467 e. The maximum absolute atomic E-state index is 13.3. The summed E-state index contributed by atoms with van der Waals surface area (Å²) in [5, 5.41) is 3.50. The molecule has 1 unspecified atom stereocenters. The third-order valence-corrected chi connectivity index (χ3v) is 9.85. The van der Waals surface area contributed by atoms with Crippen molar-refractivity contribution in [1.82, 2.24) is 15.2 Å². The number of hydrogen-bond acceptors (Lipinski definition) is 6. The van der Waals surface area contributed by atoms with E-state index < -0.39 is 33.3 Å². The number of methoxy groups -OCH3 is 1. The van der Waals surface area contributed by atoms with Gasteiger partial charge in [0.25, 0.3) is 0 Å². The van der Waals surface area contributed by atoms with Crippen LogP contribution in [0.1, 0.15) is 18.4 Å². The number of nitrogens with one attached hydrogen (secondary N) is 1. The van der Waals surface area contributed by atoms with Crippen molar-refractivity contribution in [1.29, 1.82) is 0 Å². The zero-order valence-corrected chi connectivity index (χ0v) is 24.4. The normalized spacial score (nSPS) is 16.0. The van der Waals surface area contributed by atoms with Crippen molar-refractivity contribution in [3.63, 3.8) is 0 Å². The topological polar surface area (TPSA) is 106 Å². The molecule has 1 aromatic heterocycles. The van der Waals surface area contributed by atoms with Crippen LogP contribution in [0, 0.1) is 0 Å². The van der Waals surface area contributed by atoms with Crippen molar-refractivity contribution in [2.45, 2.75) is 35.6 Å². The molecule has 2 amide bonds. The summed E-state index contributed by atoms with van der Waals surface area (Å²) in [7, 11) is -2.54. The fraction of sp³-hybridized carbons (Fsp3) is 0.233. The van der Waals surface area contributed by atoms with Crippen LogP contribution in [-0.2, 0) is 25.8 Å². The number of hydrogen-bond donors (Lipinski definition) is 1. The number of ether oxygens (including phenoxy) is 1. The van der Waals surface area contributed by atoms with E-state index in [1.165, 1.54) is 24.1 Å². The molecule has 11 heteroatoms. The van der Waals surface area contributed by atoms with Crippen molar-refractivity contribution in [3.05, 3.63) is 94.5 Å². The highest BCUT2D eigenvalue weighted by molar-refractivity contribution is 7.92. The van der Waals surface area contributed by atoms with Gasteiger partial charge in [-0.1, -0.05) is 59.6 Å². The van der Waals surface area contributed by atoms with Gasteiger partial charge in [0.1, 0.15) is 11.4 Å². The Labute approximate surface area is 248 Å². The number of benzene rings is 3. The number of aromatic nitrogens is 1. The first kappa shape index (κ1) is 28.9. The second kappa shape index (κ2) is 12.1. The lowest BCUT2D eigenvalue weighted by Crippen LogP contribution is -2.52. The maximum atomic E-state index is 13.3. The molecular formula is C30H27Cl2N3O5S. The average molecular weight is 613 g/mol. The molecule has 2 heterocycles. The molecule has 0 saturated carbocycles. The third kappa shape index (κ3) is 6.02. The molecule has 2 atom stereocenters. The van der Waals surface area contributed by atoms with E-state index in [2.05, 4.69) is 5.32 Å². The minimum atomic E-state index is -3.78. The van der Waals surface area contributed by atoms with Crippen LogP contribution in [0.4, 0.5) is 4.79 Å². The molecule has 1 aliphatic heterocycles. The van der Waals surface area contributed by atoms with Gasteiger partial charge >= 0.3 is 12.0 Å². The van der Waals surface area contributed by atoms with Crippen LogP contribution >= 0.6 is 23.2 Å². The number of nitrogens with zero attached hydrogens (tertiary/aromatic N) is 2. The molecular weight excluding hydrogens is 585 g/mol. The molecule has 41 heavy (non-hydrogen) atoms. The molecule has 1 N–H and O–H groups in total. The standard InChI is InChI=1S/C30H27Cl2N3O5S/c1-40-29(36)26(34-30(37)35-16-6-11-27(35)41(38,39)21-7-3-2-4-8-21)18-19-12-14-24-20(17-19)13-15-25(33-24)28-22(31)9-5-10-23(28)32/h2-5,7-10,12-15,17,26-27H,6,11,16,18H2,1H3,(H,34,37)/t26?,27-/m0/s1. The number of likely N-dealkylation sites (tertiary alicyclic amines) is 1. The van der Waals surface area contributed by atoms with E-state index >= 15 is 0 Å². The van der Waals surface area contributed by atoms with Gasteiger partial charge in [-0.2, -0.15) is 0 Å². The molecule has 0 spiro atoms. The molecule has 212 valence electrons. The summed E-state index contributed by atoms with van der Waals surface area (Å²) in [5.74, 6) is -0.637. The summed E-state index contributed by atoms with van der Waals surface area (Å²) in [6.07, 6.45) is 0.981. The van der Waals surface area contributed by atoms with Crippen LogP contribution in [0.15, 0.2) is 83.8 Å². The van der Waals surface area contributed by atoms with Crippen molar-refractivity contribution in [2.75, 3.05) is 13.7 Å². The maximum Gasteiger partial charge on any atom is 0.328 e. The van der Waals surface area contributed by atoms with Crippen LogP contribution in [0.3, 0.4) is 0 Å². The second-order valence-electron chi connectivity index (χ2n) is 9.70. The lowest BCUT2D eigenvalue weighted by molar-refractivity contribution is -0.142. The summed E-state index contributed by atoms with van der Waals surface area (Å²) in [6.45, 7) is 0.260. The number of halogens is 2. The molecule has 4 aromatic rings. The third-order valence-electron chi connectivity index (χ3n) is 7.08. The Bertz CT molecular complexity index is 1700. The van der Waals surface area contributed by atoms with Crippen LogP contribution in [-0.4, -0.2) is 55.4 Å². The first-order valence-electron chi connectivity index (χ1n) is 13.0. The van der Waals surface area contributed by atoms with Crippen LogP contribution in [0.2, 0.25) is 10.0 Å². The molecule has 0 radical (unpaired) electrons. The van der Waals surface area contributed by atoms with Gasteiger partial charge in [0.15, 0.2) is 9.84 Å². The van der Waals surface area contributed by atoms with Gasteiger partial charge in [-0.05, 0) is 60.9 Å². The van der Waals surface area contributed by atoms with Gasteiger partial charge in [0.2, 0.25) is 0 Å². The first-order chi connectivity index (χ1) is 19.7. The number of pyridine rings is 1. The molecule has 8 nitrogen and oxygen atoms in total. The monoisotopic (exact) mass is 611 g/mol. The van der Waals surface area contributed by atoms with E-state index in [4.69, 9.17) is 32.9 Å². The van der Waals surface area contributed by atoms with Crippen molar-refractivity contribution < 1.29 is 22.7 Å². The summed E-state index contributed by atoms with van der Waals surface area (Å²) >= 11 is 12.7. The molecule has 0 aliphatic carbocycles. The molecule has 1 aliphatic rings. The summed E-state index contributed by atoms with van der Waals surface area (Å²) in [5.41, 5.74) is 2.73. The number of rotatable bonds is 7. The fourth-order valence-corrected chi connectivity index (χ4v) is 7.50. The van der Waals surface area contributed by atoms with Gasteiger partial charge in [-0.25, -0.2) is 23.0 Å². The van der Waals surface area contributed by atoms with E-state index in [-0.39, 0.29) is 17.9 Å². The van der Waals surface area contributed by atoms with Crippen molar-refractivity contribution >= 4 is 55.9 Å². The van der Waals surface area contributed by atoms with Gasteiger partial charge in [-0.3, -0.25) is 0 Å². The minimum absolute atomic E-state index is 0.135. The quantitative estimate of drug-likeness (QED) is 0.261. The number of sulfone groups is 1. The van der Waals surface area contributed by atoms with Gasteiger partial charge in [0.05, 0.1) is 33.3 Å². The highest BCUT2D eigenvalue weighted by Crippen LogP contribution is 2.34. The van der Waals surface area contributed by atoms with Gasteiger partial charge in [0, 0.05) is 23.9 Å². The molecule has 5 rings (SSSR count). The Hall–Kier alpha value is -3.66. The highest BCUT2D eigenvalue weighted by atomic mass is 35.5. The lowest BCUT2D eigenvalue weighted by Gasteiger charge is -2.27. The average Bonchev–Trinajstić information content (AvgIpc) is 3.48. The van der Waals surface area contributed by atoms with E-state index in [1.54, 1.807) is 36.4 Å². The zero-order chi connectivity index (χ0) is 29.1. The second-order valence-corrected chi connectivity index (χ2v) is 12.6. The Kier molecular flexibility index (Phi) is 8.49. The Balaban J connectivity index is 1.35. The number of esters is 1. The van der Waals surface area contributed by atoms with E-state index in [1.807, 2.05) is 30.3 Å². The summed E-state index contributed by atoms with van der Waals surface area (Å²) in [4.78, 5) is 32.1. The van der Waals surface area contributed by atoms with Crippen LogP contribution in [0.5, 0.6) is 0 Å². The van der Waals surface area contributed by atoms with E-state index in [0.29, 0.717) is 39.7 Å². The van der Waals surface area contributed by atoms with E-state index in [0.717, 1.165) is 10.9 Å². The summed E-state index contributed by atoms with van der Waals surface area (Å²) in [6, 6.07) is 20.9. The van der Waals surface area contributed by atoms with Gasteiger partial charge < -0.3 is 15.0 Å². The highest BCUT2D eigenvalue weighted by Gasteiger charge is 2.40. The minimum Gasteiger partial charge on any atom is -0.467 e. The molecule has 1 fully saturated rings. The van der Waals surface area contributed by atoms with Crippen molar-refractivity contribution in [2.24, 2.45) is 0 Å². The number of fused-ring (bicyclic) bond motifs is 1. The molecule has 3 aromatic carbocycles. The van der Waals surface area contributed by atoms with Crippen LogP contribution in [0.25, 0.3) is 22.2 Å². The Morgan fingerprint density at radius 3 is 2.46 bits per heavy atom. The number of carbonyl (C=O) groups is 2. The predicted octanol–water partition coefficient (Wildman–Crippen LogP) is 5.90. The molecule has 0 bridgehead atoms. The van der Waals surface area contributed by atoms with E-state index in [9.17, 15) is 18.0 Å². The SMILES string of the molecule is COC(=O)C(Cc1ccc2nc(-c3c(Cl)cccc3Cl)ccc2c1)NC(=O)N1CCC[C@@H]1S(=O)(=O)c1ccccc1. The zero-order valence-electron chi connectivity index (χ0n) is 22.1. The predicted molar refractivity (Wildman–Crippen MR) is 159 cm³/mol. The fourth-order valence-electron chi connectivity index (χ4n) is 5.05. The Morgan fingerprint density at radius 1 is 1.02 bits per heavy atom. The van der Waals surface area contributed by atoms with Gasteiger partial charge in [-0.15, -0.1) is 0 Å². The summed E-state index contributed by atoms with van der Waals surface area (Å²) < 4.78 is 31.5. The number of carbonyl (C=O) groups excluding carboxylic acids is 2. The first-order valence-corrected chi connectivity index (χ1v) is 15.3. The van der Waals surface area contributed by atoms with Crippen LogP contribution < -0.4 is 5.32 Å². The number of urea groups is 1. The molecule has 1 saturated heterocycles. The lowest BCUT2D eigenvalue weighted by atomic mass is 10.0. The Morgan fingerprint density at radius 2 is 1.76 bits per heavy atom.